The van der Waals surface area contributed by atoms with Crippen molar-refractivity contribution in [3.63, 3.8) is 0 Å². The topological polar surface area (TPSA) is 56.2 Å². The fourth-order valence-corrected chi connectivity index (χ4v) is 6.30. The Balaban J connectivity index is 1.49. The molecule has 2 aliphatic rings. The predicted molar refractivity (Wildman–Crippen MR) is 121 cm³/mol. The summed E-state index contributed by atoms with van der Waals surface area (Å²) in [7, 11) is -0.965. The van der Waals surface area contributed by atoms with Crippen molar-refractivity contribution in [2.24, 2.45) is 0 Å². The van der Waals surface area contributed by atoms with Gasteiger partial charge in [0.2, 0.25) is 5.44 Å². The van der Waals surface area contributed by atoms with Gasteiger partial charge in [0.1, 0.15) is 11.4 Å². The number of para-hydroxylation sites is 3. The summed E-state index contributed by atoms with van der Waals surface area (Å²) in [5, 5.41) is 0. The van der Waals surface area contributed by atoms with Gasteiger partial charge in [0, 0.05) is 12.5 Å². The minimum absolute atomic E-state index is 0.608. The van der Waals surface area contributed by atoms with E-state index in [0.717, 1.165) is 18.7 Å². The molecule has 1 aliphatic carbocycles. The summed E-state index contributed by atoms with van der Waals surface area (Å²) in [5.74, 6) is 0.702. The number of hydrogen-bond acceptors (Lipinski definition) is 5. The summed E-state index contributed by atoms with van der Waals surface area (Å²) in [6, 6.07) is 17.8. The first-order chi connectivity index (χ1) is 14.1. The van der Waals surface area contributed by atoms with Crippen LogP contribution >= 0.6 is 10.8 Å². The second-order valence-electron chi connectivity index (χ2n) is 8.12. The first kappa shape index (κ1) is 20.5. The molecule has 0 bridgehead atoms. The van der Waals surface area contributed by atoms with E-state index in [2.05, 4.69) is 11.9 Å². The third kappa shape index (κ3) is 4.40. The molecule has 1 atom stereocenters. The van der Waals surface area contributed by atoms with E-state index in [1.165, 1.54) is 32.1 Å². The van der Waals surface area contributed by atoms with Gasteiger partial charge in [-0.25, -0.2) is 4.31 Å². The monoisotopic (exact) mass is 416 g/mol. The molecular weight excluding hydrogens is 384 g/mol. The molecule has 2 aromatic carbocycles. The molecule has 0 radical (unpaired) electrons. The standard InChI is InChI=1S/C23H32N2O3S/c1-24(19-11-4-2-5-12-19)18-10-17-23-28-22-16-9-8-15-21(22)25(29(23,26)27)20-13-6-3-7-14-20/h3,6-9,13-16,19,23,26-27H,2,4-5,10-12,17-18H2,1H3. The molecular formula is C23H32N2O3S. The Morgan fingerprint density at radius 1 is 1.00 bits per heavy atom. The Bertz CT molecular complexity index is 796. The van der Waals surface area contributed by atoms with E-state index in [1.54, 1.807) is 4.31 Å². The largest absolute Gasteiger partial charge is 0.467 e. The zero-order valence-electron chi connectivity index (χ0n) is 17.1. The van der Waals surface area contributed by atoms with Gasteiger partial charge in [0.25, 0.3) is 0 Å². The van der Waals surface area contributed by atoms with Crippen LogP contribution in [0.4, 0.5) is 11.4 Å². The van der Waals surface area contributed by atoms with Gasteiger partial charge >= 0.3 is 0 Å². The van der Waals surface area contributed by atoms with Crippen molar-refractivity contribution in [3.8, 4) is 5.75 Å². The molecule has 0 saturated heterocycles. The molecule has 0 aromatic heterocycles. The fraction of sp³-hybridized carbons (Fsp3) is 0.478. The van der Waals surface area contributed by atoms with Crippen molar-refractivity contribution in [2.45, 2.75) is 56.4 Å². The average Bonchev–Trinajstić information content (AvgIpc) is 2.75. The highest BCUT2D eigenvalue weighted by atomic mass is 32.3. The van der Waals surface area contributed by atoms with Gasteiger partial charge in [-0.3, -0.25) is 9.11 Å². The summed E-state index contributed by atoms with van der Waals surface area (Å²) in [4.78, 5) is 2.44. The van der Waals surface area contributed by atoms with Gasteiger partial charge in [-0.1, -0.05) is 60.4 Å². The van der Waals surface area contributed by atoms with Crippen LogP contribution in [0, 0.1) is 0 Å². The van der Waals surface area contributed by atoms with Crippen LogP contribution in [0.3, 0.4) is 0 Å². The van der Waals surface area contributed by atoms with Crippen molar-refractivity contribution in [1.29, 1.82) is 0 Å². The lowest BCUT2D eigenvalue weighted by Gasteiger charge is -2.52. The van der Waals surface area contributed by atoms with Gasteiger partial charge in [-0.15, -0.1) is 0 Å². The van der Waals surface area contributed by atoms with Crippen molar-refractivity contribution in [1.82, 2.24) is 4.90 Å². The van der Waals surface area contributed by atoms with E-state index in [4.69, 9.17) is 4.74 Å². The summed E-state index contributed by atoms with van der Waals surface area (Å²) in [6.45, 7) is 0.951. The van der Waals surface area contributed by atoms with E-state index in [1.807, 2.05) is 54.6 Å². The lowest BCUT2D eigenvalue weighted by molar-refractivity contribution is 0.176. The lowest BCUT2D eigenvalue weighted by atomic mass is 9.94. The van der Waals surface area contributed by atoms with Crippen LogP contribution in [0.1, 0.15) is 44.9 Å². The van der Waals surface area contributed by atoms with E-state index in [-0.39, 0.29) is 0 Å². The average molecular weight is 417 g/mol. The van der Waals surface area contributed by atoms with Crippen molar-refractivity contribution in [2.75, 3.05) is 17.9 Å². The maximum Gasteiger partial charge on any atom is 0.206 e. The Morgan fingerprint density at radius 3 is 2.45 bits per heavy atom. The van der Waals surface area contributed by atoms with Crippen molar-refractivity contribution >= 4 is 22.2 Å². The molecule has 1 unspecified atom stereocenters. The molecule has 1 aliphatic heterocycles. The predicted octanol–water partition coefficient (Wildman–Crippen LogP) is 6.25. The summed E-state index contributed by atoms with van der Waals surface area (Å²) in [5.41, 5.74) is 0.833. The fourth-order valence-electron chi connectivity index (χ4n) is 4.48. The Kier molecular flexibility index (Phi) is 6.35. The van der Waals surface area contributed by atoms with Crippen LogP contribution in [0.25, 0.3) is 0 Å². The van der Waals surface area contributed by atoms with Crippen LogP contribution in [0.2, 0.25) is 0 Å². The Labute approximate surface area is 175 Å². The van der Waals surface area contributed by atoms with Gasteiger partial charge < -0.3 is 9.64 Å². The van der Waals surface area contributed by atoms with E-state index in [0.29, 0.717) is 23.9 Å². The molecule has 4 rings (SSSR count). The van der Waals surface area contributed by atoms with Crippen LogP contribution in [-0.2, 0) is 0 Å². The molecule has 6 heteroatoms. The van der Waals surface area contributed by atoms with Gasteiger partial charge in [-0.2, -0.15) is 0 Å². The number of rotatable bonds is 6. The minimum atomic E-state index is -3.16. The molecule has 1 fully saturated rings. The summed E-state index contributed by atoms with van der Waals surface area (Å²) < 4.78 is 30.2. The summed E-state index contributed by atoms with van der Waals surface area (Å²) >= 11 is 0. The minimum Gasteiger partial charge on any atom is -0.467 e. The smallest absolute Gasteiger partial charge is 0.206 e. The molecule has 0 spiro atoms. The number of anilines is 2. The molecule has 1 heterocycles. The van der Waals surface area contributed by atoms with Gasteiger partial charge in [0.15, 0.2) is 0 Å². The van der Waals surface area contributed by atoms with Crippen molar-refractivity contribution < 1.29 is 13.8 Å². The molecule has 2 N–H and O–H groups in total. The second kappa shape index (κ2) is 8.96. The third-order valence-electron chi connectivity index (χ3n) is 6.10. The highest BCUT2D eigenvalue weighted by molar-refractivity contribution is 8.26. The molecule has 1 saturated carbocycles. The van der Waals surface area contributed by atoms with Crippen LogP contribution in [0.15, 0.2) is 54.6 Å². The SMILES string of the molecule is CN(CCCC1Oc2ccccc2N(c2ccccc2)S1(O)O)C1CCCCC1. The highest BCUT2D eigenvalue weighted by Crippen LogP contribution is 2.61. The van der Waals surface area contributed by atoms with Crippen molar-refractivity contribution in [3.05, 3.63) is 54.6 Å². The number of nitrogens with zero attached hydrogens (tertiary/aromatic N) is 2. The zero-order valence-corrected chi connectivity index (χ0v) is 17.9. The zero-order chi connectivity index (χ0) is 20.3. The first-order valence-corrected chi connectivity index (χ1v) is 12.2. The first-order valence-electron chi connectivity index (χ1n) is 10.7. The number of ether oxygens (including phenoxy) is 1. The number of fused-ring (bicyclic) bond motifs is 1. The maximum atomic E-state index is 11.2. The Hall–Kier alpha value is -1.73. The molecule has 5 nitrogen and oxygen atoms in total. The van der Waals surface area contributed by atoms with Gasteiger partial charge in [-0.05, 0) is 57.1 Å². The summed E-state index contributed by atoms with van der Waals surface area (Å²) in [6.07, 6.45) is 8.04. The van der Waals surface area contributed by atoms with Crippen LogP contribution in [-0.4, -0.2) is 39.1 Å². The maximum absolute atomic E-state index is 11.2. The highest BCUT2D eigenvalue weighted by Gasteiger charge is 2.41. The normalized spacial score (nSPS) is 22.8. The van der Waals surface area contributed by atoms with E-state index >= 15 is 0 Å². The quantitative estimate of drug-likeness (QED) is 0.582. The number of benzene rings is 2. The van der Waals surface area contributed by atoms with Crippen LogP contribution < -0.4 is 9.04 Å². The van der Waals surface area contributed by atoms with E-state index < -0.39 is 16.2 Å². The third-order valence-corrected chi connectivity index (χ3v) is 8.09. The molecule has 0 amide bonds. The number of hydrogen-bond donors (Lipinski definition) is 2. The van der Waals surface area contributed by atoms with Gasteiger partial charge in [0.05, 0.1) is 5.69 Å². The Morgan fingerprint density at radius 2 is 1.69 bits per heavy atom. The van der Waals surface area contributed by atoms with E-state index in [9.17, 15) is 9.11 Å². The lowest BCUT2D eigenvalue weighted by Crippen LogP contribution is -2.40. The molecule has 29 heavy (non-hydrogen) atoms. The second-order valence-corrected chi connectivity index (χ2v) is 10.1. The molecule has 2 aromatic rings. The molecule has 158 valence electrons. The van der Waals surface area contributed by atoms with Crippen LogP contribution in [0.5, 0.6) is 5.75 Å².